The average Bonchev–Trinajstić information content (AvgIpc) is 3.02. The van der Waals surface area contributed by atoms with Gasteiger partial charge in [0, 0.05) is 31.5 Å². The summed E-state index contributed by atoms with van der Waals surface area (Å²) in [6, 6.07) is -0.598. The quantitative estimate of drug-likeness (QED) is 0.456. The molecule has 2 aliphatic rings. The Hall–Kier alpha value is -2.94. The first-order chi connectivity index (χ1) is 13.0. The van der Waals surface area contributed by atoms with Crippen LogP contribution in [0.4, 0.5) is 16.3 Å². The second-order valence-electron chi connectivity index (χ2n) is 6.56. The van der Waals surface area contributed by atoms with Crippen LogP contribution >= 0.6 is 0 Å². The fourth-order valence-electron chi connectivity index (χ4n) is 3.42. The third-order valence-electron chi connectivity index (χ3n) is 4.81. The van der Waals surface area contributed by atoms with Crippen molar-refractivity contribution in [1.29, 1.82) is 0 Å². The molecule has 1 aliphatic carbocycles. The minimum atomic E-state index is -0.668. The number of urea groups is 1. The van der Waals surface area contributed by atoms with Crippen LogP contribution in [0, 0.1) is 0 Å². The number of nitrogens with two attached hydrogens (primary N) is 2. The zero-order valence-electron chi connectivity index (χ0n) is 15.4. The van der Waals surface area contributed by atoms with E-state index in [0.29, 0.717) is 29.5 Å². The Kier molecular flexibility index (Phi) is 5.70. The van der Waals surface area contributed by atoms with E-state index in [0.717, 1.165) is 31.5 Å². The van der Waals surface area contributed by atoms with Gasteiger partial charge in [-0.3, -0.25) is 0 Å². The van der Waals surface area contributed by atoms with E-state index in [4.69, 9.17) is 11.5 Å². The number of nitrogens with zero attached hydrogens (tertiary/aromatic N) is 4. The standard InChI is InChI=1S/C18H25N7O2/c1-2-25-17(19)16(10-21-25)22-14-7-6-12(9-15(14)23-18(20)27)24-8-4-3-5-13(24)11-26/h6-7,9-10,13,26H,2-5,8,11H2,1H3,(H4,19,20,21,23,27)/p+1. The minimum absolute atomic E-state index is 0.0707. The molecule has 9 nitrogen and oxygen atoms in total. The summed E-state index contributed by atoms with van der Waals surface area (Å²) in [5.74, 6) is 0.461. The lowest BCUT2D eigenvalue weighted by Gasteiger charge is -2.21. The van der Waals surface area contributed by atoms with Crippen molar-refractivity contribution in [3.8, 4) is 0 Å². The van der Waals surface area contributed by atoms with Crippen molar-refractivity contribution in [3.05, 3.63) is 30.1 Å². The number of carbonyl (C=O) groups excluding carboxylic acids is 1. The first kappa shape index (κ1) is 18.8. The maximum Gasteiger partial charge on any atom is 0.316 e. The highest BCUT2D eigenvalue weighted by atomic mass is 16.3. The number of aliphatic hydroxyl groups excluding tert-OH is 1. The molecule has 1 fully saturated rings. The van der Waals surface area contributed by atoms with Crippen molar-refractivity contribution in [3.63, 3.8) is 0 Å². The van der Waals surface area contributed by atoms with Gasteiger partial charge in [-0.05, 0) is 19.4 Å². The van der Waals surface area contributed by atoms with Crippen LogP contribution < -0.4 is 16.8 Å². The summed E-state index contributed by atoms with van der Waals surface area (Å²) >= 11 is 0. The molecular formula is C18H26N7O2+. The second-order valence-corrected chi connectivity index (χ2v) is 6.56. The number of carbonyl (C=O) groups is 1. The van der Waals surface area contributed by atoms with Crippen molar-refractivity contribution in [2.24, 2.45) is 10.7 Å². The lowest BCUT2D eigenvalue weighted by atomic mass is 10.0. The van der Waals surface area contributed by atoms with Gasteiger partial charge in [0.1, 0.15) is 24.7 Å². The number of rotatable bonds is 4. The molecule has 1 saturated heterocycles. The maximum absolute atomic E-state index is 11.5. The van der Waals surface area contributed by atoms with Crippen LogP contribution in [0.3, 0.4) is 0 Å². The molecule has 1 unspecified atom stereocenters. The predicted molar refractivity (Wildman–Crippen MR) is 104 cm³/mol. The first-order valence-corrected chi connectivity index (χ1v) is 9.14. The molecule has 27 heavy (non-hydrogen) atoms. The van der Waals surface area contributed by atoms with Crippen molar-refractivity contribution in [1.82, 2.24) is 15.1 Å². The van der Waals surface area contributed by atoms with Gasteiger partial charge in [0.2, 0.25) is 5.71 Å². The van der Waals surface area contributed by atoms with Gasteiger partial charge in [0.25, 0.3) is 0 Å². The van der Waals surface area contributed by atoms with Crippen LogP contribution in [-0.4, -0.2) is 56.1 Å². The number of piperidine rings is 1. The highest BCUT2D eigenvalue weighted by Crippen LogP contribution is 2.23. The fraction of sp³-hybridized carbons (Fsp3) is 0.444. The number of hydrogen-bond donors (Lipinski definition) is 4. The molecular weight excluding hydrogens is 346 g/mol. The van der Waals surface area contributed by atoms with Gasteiger partial charge in [-0.1, -0.05) is 0 Å². The molecule has 0 aromatic carbocycles. The van der Waals surface area contributed by atoms with Crippen LogP contribution in [0.2, 0.25) is 0 Å². The Morgan fingerprint density at radius 3 is 2.96 bits per heavy atom. The number of amides is 2. The smallest absolute Gasteiger partial charge is 0.316 e. The van der Waals surface area contributed by atoms with Crippen molar-refractivity contribution >= 4 is 29.0 Å². The van der Waals surface area contributed by atoms with Crippen molar-refractivity contribution < 1.29 is 14.5 Å². The van der Waals surface area contributed by atoms with Gasteiger partial charge in [0.05, 0.1) is 17.6 Å². The third-order valence-corrected chi connectivity index (χ3v) is 4.81. The highest BCUT2D eigenvalue weighted by molar-refractivity contribution is 6.21. The van der Waals surface area contributed by atoms with E-state index in [1.807, 2.05) is 25.2 Å². The number of aliphatic imine (C=N–C) groups is 1. The predicted octanol–water partition coefficient (Wildman–Crippen LogP) is 0.678. The summed E-state index contributed by atoms with van der Waals surface area (Å²) in [4.78, 5) is 16.0. The van der Waals surface area contributed by atoms with Gasteiger partial charge in [-0.15, -0.1) is 0 Å². The number of hydrogen-bond acceptors (Lipinski definition) is 5. The van der Waals surface area contributed by atoms with E-state index >= 15 is 0 Å². The van der Waals surface area contributed by atoms with E-state index in [2.05, 4.69) is 20.0 Å². The summed E-state index contributed by atoms with van der Waals surface area (Å²) in [5, 5.41) is 16.5. The van der Waals surface area contributed by atoms with Crippen LogP contribution in [0.15, 0.2) is 35.1 Å². The fourth-order valence-corrected chi connectivity index (χ4v) is 3.42. The van der Waals surface area contributed by atoms with E-state index in [-0.39, 0.29) is 12.6 Å². The monoisotopic (exact) mass is 372 g/mol. The largest absolute Gasteiger partial charge is 0.389 e. The maximum atomic E-state index is 11.5. The molecule has 2 amide bonds. The molecule has 1 atom stereocenters. The topological polar surface area (TPSA) is 135 Å². The van der Waals surface area contributed by atoms with E-state index < -0.39 is 6.03 Å². The lowest BCUT2D eigenvalue weighted by Crippen LogP contribution is -2.39. The number of anilines is 1. The molecule has 9 heteroatoms. The van der Waals surface area contributed by atoms with Crippen molar-refractivity contribution in [2.45, 2.75) is 38.8 Å². The molecule has 0 spiro atoms. The molecule has 0 bridgehead atoms. The van der Waals surface area contributed by atoms with Gasteiger partial charge in [-0.25, -0.2) is 19.0 Å². The summed E-state index contributed by atoms with van der Waals surface area (Å²) < 4.78 is 3.80. The number of primary amides is 1. The average molecular weight is 372 g/mol. The molecule has 6 N–H and O–H groups in total. The highest BCUT2D eigenvalue weighted by Gasteiger charge is 2.28. The molecule has 2 heterocycles. The third kappa shape index (κ3) is 4.08. The molecule has 1 aromatic heterocycles. The summed E-state index contributed by atoms with van der Waals surface area (Å²) in [6.45, 7) is 3.54. The van der Waals surface area contributed by atoms with E-state index in [9.17, 15) is 9.90 Å². The van der Waals surface area contributed by atoms with Crippen LogP contribution in [-0.2, 0) is 6.54 Å². The summed E-state index contributed by atoms with van der Waals surface area (Å²) in [5.41, 5.74) is 13.9. The molecule has 144 valence electrons. The van der Waals surface area contributed by atoms with Crippen LogP contribution in [0.5, 0.6) is 0 Å². The van der Waals surface area contributed by atoms with Crippen molar-refractivity contribution in [2.75, 3.05) is 18.9 Å². The second kappa shape index (κ2) is 8.17. The molecule has 0 saturated carbocycles. The molecule has 1 aliphatic heterocycles. The number of aliphatic hydroxyl groups is 1. The zero-order valence-corrected chi connectivity index (χ0v) is 15.4. The molecule has 3 rings (SSSR count). The zero-order chi connectivity index (χ0) is 19.4. The number of nitrogen functional groups attached to an aromatic ring is 1. The number of aromatic nitrogens is 2. The Morgan fingerprint density at radius 1 is 1.48 bits per heavy atom. The first-order valence-electron chi connectivity index (χ1n) is 9.14. The van der Waals surface area contributed by atoms with E-state index in [1.54, 1.807) is 10.9 Å². The number of aryl methyl sites for hydroxylation is 1. The number of nitrogens with one attached hydrogen (secondary N) is 1. The normalized spacial score (nSPS) is 24.1. The van der Waals surface area contributed by atoms with Gasteiger partial charge < -0.3 is 21.9 Å². The Balaban J connectivity index is 1.99. The number of allylic oxidation sites excluding steroid dienone is 3. The SMILES string of the molecule is CCn1ncc(/N=C2C=C/C(=[N+]3/CCCCC3CO)C=C/2NC(N)=O)c1N. The van der Waals surface area contributed by atoms with Gasteiger partial charge in [0.15, 0.2) is 6.04 Å². The van der Waals surface area contributed by atoms with Gasteiger partial charge in [-0.2, -0.15) is 5.10 Å². The molecule has 0 radical (unpaired) electrons. The van der Waals surface area contributed by atoms with E-state index in [1.165, 1.54) is 0 Å². The Bertz CT molecular complexity index is 848. The minimum Gasteiger partial charge on any atom is -0.389 e. The van der Waals surface area contributed by atoms with Gasteiger partial charge >= 0.3 is 6.03 Å². The Labute approximate surface area is 157 Å². The Morgan fingerprint density at radius 2 is 2.30 bits per heavy atom. The summed E-state index contributed by atoms with van der Waals surface area (Å²) in [7, 11) is 0. The lowest BCUT2D eigenvalue weighted by molar-refractivity contribution is -0.577. The summed E-state index contributed by atoms with van der Waals surface area (Å²) in [6.07, 6.45) is 10.3. The van der Waals surface area contributed by atoms with Crippen LogP contribution in [0.1, 0.15) is 26.2 Å². The van der Waals surface area contributed by atoms with Crippen LogP contribution in [0.25, 0.3) is 0 Å². The molecule has 1 aromatic rings.